The van der Waals surface area contributed by atoms with Crippen LogP contribution in [0, 0.1) is 11.8 Å². The number of rotatable bonds is 9. The Morgan fingerprint density at radius 3 is 2.50 bits per heavy atom. The average Bonchev–Trinajstić information content (AvgIpc) is 3.07. The number of piperidine rings is 1. The van der Waals surface area contributed by atoms with Crippen molar-refractivity contribution in [1.29, 1.82) is 0 Å². The topological polar surface area (TPSA) is 86.7 Å². The number of fused-ring (bicyclic) bond motifs is 1. The summed E-state index contributed by atoms with van der Waals surface area (Å²) >= 11 is 0. The second kappa shape index (κ2) is 10.9. The molecule has 160 valence electrons. The molecule has 6 heteroatoms. The lowest BCUT2D eigenvalue weighted by Crippen LogP contribution is -2.52. The summed E-state index contributed by atoms with van der Waals surface area (Å²) in [6, 6.07) is 4.95. The van der Waals surface area contributed by atoms with Crippen molar-refractivity contribution in [2.24, 2.45) is 0 Å². The largest absolute Gasteiger partial charge is 0.396 e. The van der Waals surface area contributed by atoms with Crippen LogP contribution in [-0.4, -0.2) is 40.4 Å². The molecule has 2 N–H and O–H groups in total. The Bertz CT molecular complexity index is 852. The Morgan fingerprint density at radius 2 is 1.77 bits per heavy atom. The molecule has 30 heavy (non-hydrogen) atoms. The fourth-order valence-electron chi connectivity index (χ4n) is 4.07. The van der Waals surface area contributed by atoms with Crippen LogP contribution in [0.2, 0.25) is 0 Å². The van der Waals surface area contributed by atoms with E-state index in [0.717, 1.165) is 43.2 Å². The summed E-state index contributed by atoms with van der Waals surface area (Å²) in [5.74, 6) is 5.61. The van der Waals surface area contributed by atoms with Crippen LogP contribution in [-0.2, 0) is 16.1 Å². The standard InChI is InChI=1S/C24H30N2O4/c27-16-9-7-5-3-1-2-4-6-8-11-18-12-10-13-19-20(18)17-26(24(19)30)21-14-15-22(28)25-23(21)29/h10,12-13,21,27H,1-7,9,14-17H2,(H,25,28,29). The number of aliphatic hydroxyl groups excluding tert-OH is 1. The van der Waals surface area contributed by atoms with Gasteiger partial charge in [-0.3, -0.25) is 19.7 Å². The number of carbonyl (C=O) groups is 3. The monoisotopic (exact) mass is 410 g/mol. The van der Waals surface area contributed by atoms with Crippen molar-refractivity contribution >= 4 is 17.7 Å². The molecule has 0 bridgehead atoms. The van der Waals surface area contributed by atoms with Crippen molar-refractivity contribution in [1.82, 2.24) is 10.2 Å². The first-order valence-electron chi connectivity index (χ1n) is 11.0. The third-order valence-electron chi connectivity index (χ3n) is 5.77. The van der Waals surface area contributed by atoms with Gasteiger partial charge in [-0.05, 0) is 37.0 Å². The van der Waals surface area contributed by atoms with E-state index >= 15 is 0 Å². The molecule has 1 saturated heterocycles. The van der Waals surface area contributed by atoms with Crippen LogP contribution < -0.4 is 5.32 Å². The number of hydrogen-bond acceptors (Lipinski definition) is 4. The molecule has 1 aromatic rings. The number of nitrogens with zero attached hydrogens (tertiary/aromatic N) is 1. The molecule has 2 heterocycles. The molecule has 6 nitrogen and oxygen atoms in total. The van der Waals surface area contributed by atoms with Gasteiger partial charge in [-0.1, -0.05) is 50.0 Å². The highest BCUT2D eigenvalue weighted by atomic mass is 16.3. The minimum atomic E-state index is -0.596. The minimum absolute atomic E-state index is 0.163. The molecule has 0 aromatic heterocycles. The van der Waals surface area contributed by atoms with E-state index in [-0.39, 0.29) is 24.8 Å². The Balaban J connectivity index is 1.52. The van der Waals surface area contributed by atoms with Crippen molar-refractivity contribution in [3.05, 3.63) is 34.9 Å². The molecule has 3 amide bonds. The van der Waals surface area contributed by atoms with E-state index in [4.69, 9.17) is 5.11 Å². The van der Waals surface area contributed by atoms with Gasteiger partial charge in [-0.2, -0.15) is 0 Å². The molecule has 1 unspecified atom stereocenters. The lowest BCUT2D eigenvalue weighted by molar-refractivity contribution is -0.136. The number of amides is 3. The highest BCUT2D eigenvalue weighted by Crippen LogP contribution is 2.29. The fourth-order valence-corrected chi connectivity index (χ4v) is 4.07. The van der Waals surface area contributed by atoms with Gasteiger partial charge in [0, 0.05) is 37.1 Å². The van der Waals surface area contributed by atoms with Crippen LogP contribution >= 0.6 is 0 Å². The van der Waals surface area contributed by atoms with Gasteiger partial charge in [0.2, 0.25) is 11.8 Å². The second-order valence-corrected chi connectivity index (χ2v) is 7.98. The average molecular weight is 411 g/mol. The summed E-state index contributed by atoms with van der Waals surface area (Å²) < 4.78 is 0. The molecule has 1 fully saturated rings. The molecule has 0 saturated carbocycles. The number of imide groups is 1. The predicted octanol–water partition coefficient (Wildman–Crippen LogP) is 2.91. The van der Waals surface area contributed by atoms with E-state index in [1.807, 2.05) is 12.1 Å². The highest BCUT2D eigenvalue weighted by Gasteiger charge is 2.39. The summed E-state index contributed by atoms with van der Waals surface area (Å²) in [6.45, 7) is 0.648. The van der Waals surface area contributed by atoms with Gasteiger partial charge < -0.3 is 10.0 Å². The Kier molecular flexibility index (Phi) is 8.04. The zero-order valence-corrected chi connectivity index (χ0v) is 17.4. The minimum Gasteiger partial charge on any atom is -0.396 e. The van der Waals surface area contributed by atoms with Gasteiger partial charge in [0.25, 0.3) is 5.91 Å². The lowest BCUT2D eigenvalue weighted by atomic mass is 10.0. The number of carbonyl (C=O) groups excluding carboxylic acids is 3. The molecule has 0 radical (unpaired) electrons. The maximum atomic E-state index is 12.8. The maximum absolute atomic E-state index is 12.8. The Hall–Kier alpha value is -2.65. The number of aliphatic hydroxyl groups is 1. The summed E-state index contributed by atoms with van der Waals surface area (Å²) in [4.78, 5) is 38.0. The number of benzene rings is 1. The SMILES string of the molecule is O=C1CCC(N2Cc3c(C#CCCCCCCCCCO)cccc3C2=O)C(=O)N1. The van der Waals surface area contributed by atoms with Crippen molar-refractivity contribution in [3.63, 3.8) is 0 Å². The van der Waals surface area contributed by atoms with Gasteiger partial charge in [-0.25, -0.2) is 0 Å². The number of unbranched alkanes of at least 4 members (excludes halogenated alkanes) is 7. The summed E-state index contributed by atoms with van der Waals surface area (Å²) in [5, 5.41) is 11.1. The Labute approximate surface area is 178 Å². The first-order chi connectivity index (χ1) is 14.6. The predicted molar refractivity (Wildman–Crippen MR) is 113 cm³/mol. The number of nitrogens with one attached hydrogen (secondary N) is 1. The Morgan fingerprint density at radius 1 is 1.03 bits per heavy atom. The number of hydrogen-bond donors (Lipinski definition) is 2. The van der Waals surface area contributed by atoms with E-state index in [1.54, 1.807) is 11.0 Å². The molecule has 3 rings (SSSR count). The first-order valence-corrected chi connectivity index (χ1v) is 11.0. The van der Waals surface area contributed by atoms with Gasteiger partial charge in [0.15, 0.2) is 0 Å². The summed E-state index contributed by atoms with van der Waals surface area (Å²) in [7, 11) is 0. The zero-order chi connectivity index (χ0) is 21.3. The lowest BCUT2D eigenvalue weighted by Gasteiger charge is -2.29. The zero-order valence-electron chi connectivity index (χ0n) is 17.4. The molecule has 0 aliphatic carbocycles. The second-order valence-electron chi connectivity index (χ2n) is 7.98. The molecule has 2 aliphatic heterocycles. The first kappa shape index (κ1) is 22.0. The van der Waals surface area contributed by atoms with Crippen LogP contribution in [0.25, 0.3) is 0 Å². The van der Waals surface area contributed by atoms with Gasteiger partial charge in [0.1, 0.15) is 6.04 Å². The molecule has 1 aromatic carbocycles. The van der Waals surface area contributed by atoms with Gasteiger partial charge in [-0.15, -0.1) is 0 Å². The van der Waals surface area contributed by atoms with Crippen molar-refractivity contribution in [2.45, 2.75) is 76.8 Å². The van der Waals surface area contributed by atoms with Crippen molar-refractivity contribution in [3.8, 4) is 11.8 Å². The normalized spacial score (nSPS) is 18.1. The highest BCUT2D eigenvalue weighted by molar-refractivity contribution is 6.05. The molecule has 1 atom stereocenters. The van der Waals surface area contributed by atoms with Crippen LogP contribution in [0.5, 0.6) is 0 Å². The maximum Gasteiger partial charge on any atom is 0.255 e. The third-order valence-corrected chi connectivity index (χ3v) is 5.77. The fraction of sp³-hybridized carbons (Fsp3) is 0.542. The van der Waals surface area contributed by atoms with Crippen LogP contribution in [0.1, 0.15) is 85.7 Å². The van der Waals surface area contributed by atoms with Gasteiger partial charge in [0.05, 0.1) is 0 Å². The summed E-state index contributed by atoms with van der Waals surface area (Å²) in [5.41, 5.74) is 2.33. The van der Waals surface area contributed by atoms with E-state index in [9.17, 15) is 14.4 Å². The quantitative estimate of drug-likeness (QED) is 0.372. The van der Waals surface area contributed by atoms with E-state index in [1.165, 1.54) is 19.3 Å². The van der Waals surface area contributed by atoms with Crippen molar-refractivity contribution < 1.29 is 19.5 Å². The molecular weight excluding hydrogens is 380 g/mol. The molecule has 0 spiro atoms. The summed E-state index contributed by atoms with van der Waals surface area (Å²) in [6.07, 6.45) is 9.24. The molecular formula is C24H30N2O4. The third kappa shape index (κ3) is 5.48. The van der Waals surface area contributed by atoms with E-state index in [2.05, 4.69) is 17.2 Å². The van der Waals surface area contributed by atoms with Crippen LogP contribution in [0.3, 0.4) is 0 Å². The van der Waals surface area contributed by atoms with E-state index < -0.39 is 11.9 Å². The smallest absolute Gasteiger partial charge is 0.255 e. The molecule has 2 aliphatic rings. The van der Waals surface area contributed by atoms with Gasteiger partial charge >= 0.3 is 0 Å². The van der Waals surface area contributed by atoms with Crippen molar-refractivity contribution in [2.75, 3.05) is 6.61 Å². The van der Waals surface area contributed by atoms with E-state index in [0.29, 0.717) is 18.5 Å². The van der Waals surface area contributed by atoms with Crippen LogP contribution in [0.15, 0.2) is 18.2 Å². The van der Waals surface area contributed by atoms with Crippen LogP contribution in [0.4, 0.5) is 0 Å².